The third-order valence-electron chi connectivity index (χ3n) is 6.90. The van der Waals surface area contributed by atoms with Crippen molar-refractivity contribution in [2.75, 3.05) is 44.7 Å². The lowest BCUT2D eigenvalue weighted by Crippen LogP contribution is -2.41. The van der Waals surface area contributed by atoms with E-state index in [0.717, 1.165) is 62.6 Å². The fraction of sp³-hybridized carbons (Fsp3) is 0.462. The Labute approximate surface area is 194 Å². The Kier molecular flexibility index (Phi) is 6.60. The molecule has 2 aromatic rings. The molecule has 5 rings (SSSR count). The molecule has 2 aliphatic heterocycles. The van der Waals surface area contributed by atoms with E-state index in [-0.39, 0.29) is 11.8 Å². The van der Waals surface area contributed by atoms with E-state index in [1.165, 1.54) is 29.7 Å². The minimum absolute atomic E-state index is 0.0735. The fourth-order valence-electron chi connectivity index (χ4n) is 5.12. The zero-order valence-corrected chi connectivity index (χ0v) is 19.0. The van der Waals surface area contributed by atoms with Gasteiger partial charge in [0.1, 0.15) is 0 Å². The Balaban J connectivity index is 1.29. The molecule has 0 unspecified atom stereocenters. The van der Waals surface area contributed by atoms with Crippen molar-refractivity contribution in [1.82, 2.24) is 15.2 Å². The summed E-state index contributed by atoms with van der Waals surface area (Å²) in [5.41, 5.74) is 7.25. The van der Waals surface area contributed by atoms with E-state index in [4.69, 9.17) is 4.74 Å². The lowest BCUT2D eigenvalue weighted by atomic mass is 9.92. The normalized spacial score (nSPS) is 19.3. The van der Waals surface area contributed by atoms with Gasteiger partial charge in [0.25, 0.3) is 5.91 Å². The van der Waals surface area contributed by atoms with E-state index in [1.54, 1.807) is 0 Å². The van der Waals surface area contributed by atoms with Gasteiger partial charge in [-0.2, -0.15) is 0 Å². The van der Waals surface area contributed by atoms with Crippen LogP contribution in [0.25, 0.3) is 11.6 Å². The summed E-state index contributed by atoms with van der Waals surface area (Å²) in [4.78, 5) is 31.1. The topological polar surface area (TPSA) is 86.5 Å². The minimum atomic E-state index is -0.0735. The predicted octanol–water partition coefficient (Wildman–Crippen LogP) is 2.77. The molecule has 7 nitrogen and oxygen atoms in total. The zero-order chi connectivity index (χ0) is 22.6. The van der Waals surface area contributed by atoms with Crippen LogP contribution in [0.3, 0.4) is 0 Å². The zero-order valence-electron chi connectivity index (χ0n) is 19.0. The van der Waals surface area contributed by atoms with Crippen molar-refractivity contribution < 1.29 is 14.3 Å². The van der Waals surface area contributed by atoms with Crippen molar-refractivity contribution in [3.8, 4) is 0 Å². The number of ether oxygens (including phenoxy) is 1. The van der Waals surface area contributed by atoms with E-state index in [9.17, 15) is 9.59 Å². The van der Waals surface area contributed by atoms with Crippen LogP contribution >= 0.6 is 0 Å². The summed E-state index contributed by atoms with van der Waals surface area (Å²) >= 11 is 0. The van der Waals surface area contributed by atoms with Gasteiger partial charge in [-0.15, -0.1) is 0 Å². The van der Waals surface area contributed by atoms with Crippen LogP contribution in [0.5, 0.6) is 0 Å². The summed E-state index contributed by atoms with van der Waals surface area (Å²) < 4.78 is 5.38. The van der Waals surface area contributed by atoms with Gasteiger partial charge in [0, 0.05) is 55.2 Å². The maximum atomic E-state index is 12.6. The van der Waals surface area contributed by atoms with Crippen LogP contribution in [-0.4, -0.2) is 61.1 Å². The van der Waals surface area contributed by atoms with Gasteiger partial charge in [-0.25, -0.2) is 0 Å². The third kappa shape index (κ3) is 4.89. The first-order valence-corrected chi connectivity index (χ1v) is 12.1. The molecule has 3 heterocycles. The highest BCUT2D eigenvalue weighted by Crippen LogP contribution is 2.35. The quantitative estimate of drug-likeness (QED) is 0.569. The van der Waals surface area contributed by atoms with E-state index in [2.05, 4.69) is 20.5 Å². The number of nitrogens with zero attached hydrogens (tertiary/aromatic N) is 1. The van der Waals surface area contributed by atoms with Crippen molar-refractivity contribution in [2.45, 2.75) is 38.5 Å². The molecule has 1 aromatic carbocycles. The lowest BCUT2D eigenvalue weighted by Gasteiger charge is -2.26. The van der Waals surface area contributed by atoms with E-state index in [1.807, 2.05) is 30.3 Å². The Morgan fingerprint density at radius 3 is 2.85 bits per heavy atom. The summed E-state index contributed by atoms with van der Waals surface area (Å²) in [7, 11) is 0. The number of fused-ring (bicyclic) bond motifs is 2. The minimum Gasteiger partial charge on any atom is -0.379 e. The van der Waals surface area contributed by atoms with Crippen molar-refractivity contribution in [1.29, 1.82) is 0 Å². The number of carbonyl (C=O) groups is 2. The summed E-state index contributed by atoms with van der Waals surface area (Å²) in [5, 5.41) is 6.03. The first-order chi connectivity index (χ1) is 16.2. The molecule has 1 saturated heterocycles. The van der Waals surface area contributed by atoms with Gasteiger partial charge < -0.3 is 20.4 Å². The first kappa shape index (κ1) is 21.9. The van der Waals surface area contributed by atoms with Gasteiger partial charge in [-0.1, -0.05) is 18.2 Å². The molecule has 3 N–H and O–H groups in total. The van der Waals surface area contributed by atoms with Crippen molar-refractivity contribution in [2.24, 2.45) is 0 Å². The molecule has 0 saturated carbocycles. The number of carbonyl (C=O) groups excluding carboxylic acids is 2. The smallest absolute Gasteiger partial charge is 0.256 e. The number of aromatic amines is 1. The second-order valence-corrected chi connectivity index (χ2v) is 9.04. The van der Waals surface area contributed by atoms with Crippen LogP contribution in [0.15, 0.2) is 24.3 Å². The highest BCUT2D eigenvalue weighted by atomic mass is 16.5. The number of hydrogen-bond donors (Lipinski definition) is 3. The monoisotopic (exact) mass is 448 g/mol. The number of rotatable bonds is 7. The van der Waals surface area contributed by atoms with Gasteiger partial charge >= 0.3 is 0 Å². The standard InChI is InChI=1S/C26H32N4O3/c31-25(27-11-12-30-13-15-33-16-14-30)10-9-20-18-5-1-3-7-22(18)28-24(20)17-21-19-6-2-4-8-23(19)29-26(21)32/h2,4,6,8,17,28H,1,3,5,7,9-16H2,(H,27,31)(H,29,32). The fourth-order valence-corrected chi connectivity index (χ4v) is 5.12. The number of H-pyrrole nitrogens is 1. The van der Waals surface area contributed by atoms with Crippen molar-refractivity contribution >= 4 is 29.2 Å². The number of aromatic nitrogens is 1. The Morgan fingerprint density at radius 1 is 1.15 bits per heavy atom. The number of para-hydroxylation sites is 1. The molecule has 174 valence electrons. The third-order valence-corrected chi connectivity index (χ3v) is 6.90. The number of anilines is 1. The average molecular weight is 449 g/mol. The molecule has 0 bridgehead atoms. The molecular formula is C26H32N4O3. The molecular weight excluding hydrogens is 416 g/mol. The van der Waals surface area contributed by atoms with Crippen LogP contribution < -0.4 is 10.6 Å². The number of amides is 2. The van der Waals surface area contributed by atoms with Crippen LogP contribution in [0.1, 0.15) is 47.3 Å². The first-order valence-electron chi connectivity index (χ1n) is 12.1. The molecule has 3 aliphatic rings. The van der Waals surface area contributed by atoms with Crippen LogP contribution in [0.2, 0.25) is 0 Å². The number of aryl methyl sites for hydroxylation is 1. The van der Waals surface area contributed by atoms with Crippen LogP contribution in [0, 0.1) is 0 Å². The molecule has 0 spiro atoms. The lowest BCUT2D eigenvalue weighted by molar-refractivity contribution is -0.121. The average Bonchev–Trinajstić information content (AvgIpc) is 3.35. The Hall–Kier alpha value is -2.90. The molecule has 2 amide bonds. The number of nitrogens with one attached hydrogen (secondary N) is 3. The van der Waals surface area contributed by atoms with Crippen molar-refractivity contribution in [3.05, 3.63) is 52.3 Å². The van der Waals surface area contributed by atoms with E-state index in [0.29, 0.717) is 25.0 Å². The maximum absolute atomic E-state index is 12.6. The van der Waals surface area contributed by atoms with Gasteiger partial charge in [-0.3, -0.25) is 14.5 Å². The number of hydrogen-bond acceptors (Lipinski definition) is 4. The predicted molar refractivity (Wildman–Crippen MR) is 129 cm³/mol. The summed E-state index contributed by atoms with van der Waals surface area (Å²) in [5.74, 6) is 0.00662. The van der Waals surface area contributed by atoms with Gasteiger partial charge in [0.2, 0.25) is 5.91 Å². The Morgan fingerprint density at radius 2 is 1.97 bits per heavy atom. The van der Waals surface area contributed by atoms with Crippen LogP contribution in [0.4, 0.5) is 5.69 Å². The van der Waals surface area contributed by atoms with E-state index >= 15 is 0 Å². The largest absolute Gasteiger partial charge is 0.379 e. The summed E-state index contributed by atoms with van der Waals surface area (Å²) in [6.45, 7) is 4.93. The van der Waals surface area contributed by atoms with Gasteiger partial charge in [0.05, 0.1) is 18.8 Å². The summed E-state index contributed by atoms with van der Waals surface area (Å²) in [6, 6.07) is 7.78. The molecule has 33 heavy (non-hydrogen) atoms. The molecule has 0 radical (unpaired) electrons. The van der Waals surface area contributed by atoms with Crippen LogP contribution in [-0.2, 0) is 33.6 Å². The van der Waals surface area contributed by atoms with E-state index < -0.39 is 0 Å². The molecule has 1 aliphatic carbocycles. The van der Waals surface area contributed by atoms with Gasteiger partial charge in [0.15, 0.2) is 0 Å². The Bertz CT molecular complexity index is 1070. The molecule has 0 atom stereocenters. The summed E-state index contributed by atoms with van der Waals surface area (Å²) in [6.07, 6.45) is 7.51. The van der Waals surface area contributed by atoms with Gasteiger partial charge in [-0.05, 0) is 55.4 Å². The highest BCUT2D eigenvalue weighted by molar-refractivity contribution is 6.34. The molecule has 1 fully saturated rings. The molecule has 1 aromatic heterocycles. The number of morpholine rings is 1. The SMILES string of the molecule is O=C(CCc1c(C=C2C(=O)Nc3ccccc32)[nH]c2c1CCCC2)NCCN1CCOCC1. The second-order valence-electron chi connectivity index (χ2n) is 9.04. The number of benzene rings is 1. The van der Waals surface area contributed by atoms with Crippen molar-refractivity contribution in [3.63, 3.8) is 0 Å². The molecule has 7 heteroatoms. The second kappa shape index (κ2) is 9.93. The highest BCUT2D eigenvalue weighted by Gasteiger charge is 2.26. The maximum Gasteiger partial charge on any atom is 0.256 e.